The molecule has 0 aliphatic heterocycles. The molecule has 0 bridgehead atoms. The smallest absolute Gasteiger partial charge is 0.236 e. The fourth-order valence-electron chi connectivity index (χ4n) is 1.57. The van der Waals surface area contributed by atoms with Gasteiger partial charge in [0, 0.05) is 29.9 Å². The summed E-state index contributed by atoms with van der Waals surface area (Å²) in [6, 6.07) is 4.40. The van der Waals surface area contributed by atoms with Gasteiger partial charge in [0.25, 0.3) is 0 Å². The molecule has 1 N–H and O–H groups in total. The molecular formula is C14H24N2OS. The number of hydrogen-bond donors (Lipinski definition) is 1. The van der Waals surface area contributed by atoms with Gasteiger partial charge in [-0.3, -0.25) is 4.79 Å². The zero-order valence-electron chi connectivity index (χ0n) is 12.0. The van der Waals surface area contributed by atoms with E-state index >= 15 is 0 Å². The third-order valence-electron chi connectivity index (χ3n) is 2.90. The van der Waals surface area contributed by atoms with Crippen LogP contribution < -0.4 is 5.32 Å². The molecule has 0 aliphatic carbocycles. The van der Waals surface area contributed by atoms with Gasteiger partial charge in [-0.1, -0.05) is 6.07 Å². The summed E-state index contributed by atoms with van der Waals surface area (Å²) in [5.41, 5.74) is -0.0203. The van der Waals surface area contributed by atoms with Crippen molar-refractivity contribution in [1.82, 2.24) is 10.2 Å². The molecule has 1 aromatic heterocycles. The van der Waals surface area contributed by atoms with Crippen molar-refractivity contribution < 1.29 is 4.79 Å². The molecule has 0 aromatic carbocycles. The van der Waals surface area contributed by atoms with Crippen molar-refractivity contribution in [3.05, 3.63) is 22.4 Å². The van der Waals surface area contributed by atoms with Crippen molar-refractivity contribution in [2.45, 2.75) is 45.7 Å². The average molecular weight is 268 g/mol. The van der Waals surface area contributed by atoms with Gasteiger partial charge < -0.3 is 10.2 Å². The van der Waals surface area contributed by atoms with Crippen molar-refractivity contribution in [3.8, 4) is 0 Å². The molecule has 1 unspecified atom stereocenters. The van der Waals surface area contributed by atoms with Crippen LogP contribution in [-0.2, 0) is 11.2 Å². The summed E-state index contributed by atoms with van der Waals surface area (Å²) in [5.74, 6) is 0.147. The van der Waals surface area contributed by atoms with Crippen LogP contribution in [0, 0.1) is 0 Å². The molecule has 0 saturated heterocycles. The second kappa shape index (κ2) is 6.34. The van der Waals surface area contributed by atoms with E-state index in [1.807, 2.05) is 11.9 Å². The summed E-state index contributed by atoms with van der Waals surface area (Å²) in [6.07, 6.45) is 0.926. The minimum absolute atomic E-state index is 0.0203. The molecule has 18 heavy (non-hydrogen) atoms. The Bertz CT molecular complexity index is 368. The second-order valence-electron chi connectivity index (χ2n) is 5.74. The summed E-state index contributed by atoms with van der Waals surface area (Å²) < 4.78 is 0. The van der Waals surface area contributed by atoms with Gasteiger partial charge in [0.05, 0.1) is 6.54 Å². The van der Waals surface area contributed by atoms with Crippen LogP contribution in [0.5, 0.6) is 0 Å². The first kappa shape index (κ1) is 15.2. The van der Waals surface area contributed by atoms with E-state index in [-0.39, 0.29) is 17.5 Å². The first-order chi connectivity index (χ1) is 8.29. The fraction of sp³-hybridized carbons (Fsp3) is 0.643. The third kappa shape index (κ3) is 5.19. The van der Waals surface area contributed by atoms with Crippen LogP contribution in [0.1, 0.15) is 32.6 Å². The molecule has 0 spiro atoms. The van der Waals surface area contributed by atoms with Crippen LogP contribution in [0.15, 0.2) is 17.5 Å². The molecule has 4 heteroatoms. The maximum Gasteiger partial charge on any atom is 0.236 e. The van der Waals surface area contributed by atoms with Crippen LogP contribution >= 0.6 is 11.3 Å². The number of nitrogens with one attached hydrogen (secondary N) is 1. The Hall–Kier alpha value is -0.870. The van der Waals surface area contributed by atoms with Gasteiger partial charge in [0.2, 0.25) is 5.91 Å². The number of likely N-dealkylation sites (N-methyl/N-ethyl adjacent to an activating group) is 1. The van der Waals surface area contributed by atoms with Crippen LogP contribution in [0.25, 0.3) is 0 Å². The highest BCUT2D eigenvalue weighted by Crippen LogP contribution is 2.13. The first-order valence-corrected chi connectivity index (χ1v) is 7.20. The lowest BCUT2D eigenvalue weighted by atomic mass is 10.1. The summed E-state index contributed by atoms with van der Waals surface area (Å²) in [4.78, 5) is 15.2. The molecular weight excluding hydrogens is 244 g/mol. The van der Waals surface area contributed by atoms with Gasteiger partial charge in [-0.15, -0.1) is 11.3 Å². The maximum atomic E-state index is 12.0. The lowest BCUT2D eigenvalue weighted by Gasteiger charge is -2.27. The molecule has 1 heterocycles. The largest absolute Gasteiger partial charge is 0.342 e. The predicted molar refractivity (Wildman–Crippen MR) is 78.0 cm³/mol. The second-order valence-corrected chi connectivity index (χ2v) is 6.77. The van der Waals surface area contributed by atoms with Crippen LogP contribution in [0.4, 0.5) is 0 Å². The lowest BCUT2D eigenvalue weighted by molar-refractivity contribution is -0.131. The zero-order valence-corrected chi connectivity index (χ0v) is 12.8. The predicted octanol–water partition coefficient (Wildman–Crippen LogP) is 2.53. The summed E-state index contributed by atoms with van der Waals surface area (Å²) in [7, 11) is 1.88. The van der Waals surface area contributed by atoms with E-state index in [9.17, 15) is 4.79 Å². The van der Waals surface area contributed by atoms with E-state index in [1.54, 1.807) is 11.3 Å². The van der Waals surface area contributed by atoms with E-state index in [1.165, 1.54) is 4.88 Å². The summed E-state index contributed by atoms with van der Waals surface area (Å²) in [6.45, 7) is 8.68. The Morgan fingerprint density at radius 3 is 2.67 bits per heavy atom. The van der Waals surface area contributed by atoms with Gasteiger partial charge in [0.15, 0.2) is 0 Å². The van der Waals surface area contributed by atoms with Crippen molar-refractivity contribution in [2.75, 3.05) is 13.6 Å². The molecule has 0 fully saturated rings. The minimum Gasteiger partial charge on any atom is -0.342 e. The van der Waals surface area contributed by atoms with Gasteiger partial charge in [-0.2, -0.15) is 0 Å². The SMILES string of the molecule is CC(Cc1cccs1)N(C)C(=O)CNC(C)(C)C. The number of carbonyl (C=O) groups excluding carboxylic acids is 1. The van der Waals surface area contributed by atoms with Crippen molar-refractivity contribution >= 4 is 17.2 Å². The monoisotopic (exact) mass is 268 g/mol. The number of carbonyl (C=O) groups is 1. The van der Waals surface area contributed by atoms with E-state index in [0.717, 1.165) is 6.42 Å². The Morgan fingerprint density at radius 1 is 1.50 bits per heavy atom. The van der Waals surface area contributed by atoms with Crippen LogP contribution in [0.3, 0.4) is 0 Å². The highest BCUT2D eigenvalue weighted by atomic mass is 32.1. The van der Waals surface area contributed by atoms with Crippen molar-refractivity contribution in [1.29, 1.82) is 0 Å². The number of thiophene rings is 1. The molecule has 0 saturated carbocycles. The Balaban J connectivity index is 2.43. The number of amides is 1. The standard InChI is InChI=1S/C14H24N2OS/c1-11(9-12-7-6-8-18-12)16(5)13(17)10-15-14(2,3)4/h6-8,11,15H,9-10H2,1-5H3. The fourth-order valence-corrected chi connectivity index (χ4v) is 2.39. The van der Waals surface area contributed by atoms with Crippen molar-refractivity contribution in [2.24, 2.45) is 0 Å². The van der Waals surface area contributed by atoms with Gasteiger partial charge in [0.1, 0.15) is 0 Å². The summed E-state index contributed by atoms with van der Waals surface area (Å²) >= 11 is 1.74. The number of hydrogen-bond acceptors (Lipinski definition) is 3. The number of rotatable bonds is 5. The molecule has 3 nitrogen and oxygen atoms in total. The molecule has 0 radical (unpaired) electrons. The van der Waals surface area contributed by atoms with Gasteiger partial charge in [-0.25, -0.2) is 0 Å². The molecule has 102 valence electrons. The van der Waals surface area contributed by atoms with Gasteiger partial charge >= 0.3 is 0 Å². The molecule has 1 amide bonds. The zero-order chi connectivity index (χ0) is 13.8. The van der Waals surface area contributed by atoms with E-state index < -0.39 is 0 Å². The normalized spacial score (nSPS) is 13.4. The van der Waals surface area contributed by atoms with E-state index in [2.05, 4.69) is 50.5 Å². The van der Waals surface area contributed by atoms with Crippen molar-refractivity contribution in [3.63, 3.8) is 0 Å². The molecule has 1 rings (SSSR count). The highest BCUT2D eigenvalue weighted by molar-refractivity contribution is 7.09. The topological polar surface area (TPSA) is 32.3 Å². The Morgan fingerprint density at radius 2 is 2.17 bits per heavy atom. The van der Waals surface area contributed by atoms with Crippen LogP contribution in [-0.4, -0.2) is 36.0 Å². The highest BCUT2D eigenvalue weighted by Gasteiger charge is 2.18. The van der Waals surface area contributed by atoms with E-state index in [0.29, 0.717) is 6.54 Å². The maximum absolute atomic E-state index is 12.0. The molecule has 1 aromatic rings. The first-order valence-electron chi connectivity index (χ1n) is 6.32. The number of nitrogens with zero attached hydrogens (tertiary/aromatic N) is 1. The van der Waals surface area contributed by atoms with E-state index in [4.69, 9.17) is 0 Å². The Labute approximate surface area is 114 Å². The Kier molecular flexibility index (Phi) is 5.35. The summed E-state index contributed by atoms with van der Waals surface area (Å²) in [5, 5.41) is 5.30. The molecule has 1 atom stereocenters. The average Bonchev–Trinajstić information content (AvgIpc) is 2.76. The minimum atomic E-state index is -0.0203. The lowest BCUT2D eigenvalue weighted by Crippen LogP contribution is -2.46. The molecule has 0 aliphatic rings. The quantitative estimate of drug-likeness (QED) is 0.890. The van der Waals surface area contributed by atoms with Crippen LogP contribution in [0.2, 0.25) is 0 Å². The third-order valence-corrected chi connectivity index (χ3v) is 3.80. The van der Waals surface area contributed by atoms with Gasteiger partial charge in [-0.05, 0) is 39.1 Å².